The number of halogens is 1. The summed E-state index contributed by atoms with van der Waals surface area (Å²) in [6, 6.07) is 9.51. The Bertz CT molecular complexity index is 1150. The van der Waals surface area contributed by atoms with Gasteiger partial charge in [-0.3, -0.25) is 4.98 Å². The van der Waals surface area contributed by atoms with Gasteiger partial charge in [-0.2, -0.15) is 5.26 Å². The van der Waals surface area contributed by atoms with Gasteiger partial charge in [0.15, 0.2) is 0 Å². The Hall–Kier alpha value is -2.40. The van der Waals surface area contributed by atoms with Crippen LogP contribution < -0.4 is 0 Å². The highest BCUT2D eigenvalue weighted by Gasteiger charge is 2.18. The largest absolute Gasteiger partial charge is 0.342 e. The van der Waals surface area contributed by atoms with Crippen molar-refractivity contribution in [2.45, 2.75) is 6.54 Å². The van der Waals surface area contributed by atoms with Crippen molar-refractivity contribution >= 4 is 32.5 Å². The van der Waals surface area contributed by atoms with Gasteiger partial charge >= 0.3 is 0 Å². The predicted octanol–water partition coefficient (Wildman–Crippen LogP) is 3.16. The third-order valence-corrected chi connectivity index (χ3v) is 5.81. The molecule has 6 nitrogen and oxygen atoms in total. The Morgan fingerprint density at radius 1 is 1.31 bits per heavy atom. The number of hydrogen-bond acceptors (Lipinski definition) is 4. The minimum Gasteiger partial charge on any atom is -0.342 e. The van der Waals surface area contributed by atoms with E-state index in [-0.39, 0.29) is 6.54 Å². The molecule has 0 fully saturated rings. The molecule has 0 aliphatic rings. The molecule has 0 atom stereocenters. The maximum atomic E-state index is 11.6. The number of rotatable bonds is 4. The normalized spacial score (nSPS) is 11.8. The molecule has 0 aliphatic heterocycles. The van der Waals surface area contributed by atoms with Gasteiger partial charge < -0.3 is 4.57 Å². The Labute approximate surface area is 157 Å². The van der Waals surface area contributed by atoms with Gasteiger partial charge in [0.25, 0.3) is 0 Å². The Balaban J connectivity index is 2.15. The van der Waals surface area contributed by atoms with Crippen molar-refractivity contribution in [3.63, 3.8) is 0 Å². The van der Waals surface area contributed by atoms with Crippen LogP contribution in [0.5, 0.6) is 0 Å². The molecule has 134 valence electrons. The lowest BCUT2D eigenvalue weighted by Crippen LogP contribution is -2.24. The van der Waals surface area contributed by atoms with Crippen LogP contribution in [-0.4, -0.2) is 35.6 Å². The Morgan fingerprint density at radius 2 is 2.04 bits per heavy atom. The molecular weight excluding hydrogens is 372 g/mol. The number of pyridine rings is 1. The summed E-state index contributed by atoms with van der Waals surface area (Å²) in [5.41, 5.74) is 3.59. The van der Waals surface area contributed by atoms with E-state index in [2.05, 4.69) is 11.1 Å². The zero-order valence-electron chi connectivity index (χ0n) is 14.6. The first-order valence-electron chi connectivity index (χ1n) is 7.76. The van der Waals surface area contributed by atoms with Crippen LogP contribution in [0.15, 0.2) is 36.7 Å². The molecule has 0 saturated heterocycles. The van der Waals surface area contributed by atoms with E-state index in [1.54, 1.807) is 18.5 Å². The average Bonchev–Trinajstić information content (AvgIpc) is 2.86. The van der Waals surface area contributed by atoms with Gasteiger partial charge in [0.1, 0.15) is 6.07 Å². The highest BCUT2D eigenvalue weighted by molar-refractivity contribution is 7.88. The number of sulfonamides is 1. The van der Waals surface area contributed by atoms with Crippen LogP contribution >= 0.6 is 11.6 Å². The van der Waals surface area contributed by atoms with Crippen molar-refractivity contribution in [1.29, 1.82) is 5.26 Å². The standard InChI is InChI=1S/C18H17ClN4O2S/c1-22(26(3,24)25)11-12-6-13(10-21-9-12)18-16(8-20)15-5-4-14(19)7-17(15)23(18)2/h4-7,9-10H,11H2,1-3H3. The summed E-state index contributed by atoms with van der Waals surface area (Å²) < 4.78 is 26.4. The molecule has 0 amide bonds. The number of nitriles is 1. The molecule has 0 bridgehead atoms. The van der Waals surface area contributed by atoms with Crippen molar-refractivity contribution in [3.05, 3.63) is 52.8 Å². The molecule has 3 rings (SSSR count). The second-order valence-electron chi connectivity index (χ2n) is 6.16. The fourth-order valence-corrected chi connectivity index (χ4v) is 3.49. The van der Waals surface area contributed by atoms with E-state index < -0.39 is 10.0 Å². The quantitative estimate of drug-likeness (QED) is 0.687. The number of nitrogens with zero attached hydrogens (tertiary/aromatic N) is 4. The molecular formula is C18H17ClN4O2S. The fraction of sp³-hybridized carbons (Fsp3) is 0.222. The second-order valence-corrected chi connectivity index (χ2v) is 8.68. The lowest BCUT2D eigenvalue weighted by Gasteiger charge is -2.14. The van der Waals surface area contributed by atoms with Gasteiger partial charge in [-0.25, -0.2) is 12.7 Å². The molecule has 0 spiro atoms. The van der Waals surface area contributed by atoms with Gasteiger partial charge in [0.2, 0.25) is 10.0 Å². The predicted molar refractivity (Wildman–Crippen MR) is 102 cm³/mol. The topological polar surface area (TPSA) is 79.0 Å². The maximum absolute atomic E-state index is 11.6. The third kappa shape index (κ3) is 3.31. The van der Waals surface area contributed by atoms with Crippen LogP contribution in [-0.2, 0) is 23.6 Å². The first kappa shape index (κ1) is 18.4. The van der Waals surface area contributed by atoms with E-state index in [4.69, 9.17) is 11.6 Å². The Kier molecular flexibility index (Phi) is 4.76. The Morgan fingerprint density at radius 3 is 2.69 bits per heavy atom. The highest BCUT2D eigenvalue weighted by atomic mass is 35.5. The molecule has 3 aromatic rings. The lowest BCUT2D eigenvalue weighted by atomic mass is 10.1. The van der Waals surface area contributed by atoms with Crippen LogP contribution in [0.3, 0.4) is 0 Å². The van der Waals surface area contributed by atoms with E-state index >= 15 is 0 Å². The number of hydrogen-bond donors (Lipinski definition) is 0. The molecule has 0 saturated carbocycles. The highest BCUT2D eigenvalue weighted by Crippen LogP contribution is 2.34. The summed E-state index contributed by atoms with van der Waals surface area (Å²) in [7, 11) is 0.0892. The zero-order valence-corrected chi connectivity index (χ0v) is 16.1. The number of benzene rings is 1. The van der Waals surface area contributed by atoms with Crippen LogP contribution in [0.4, 0.5) is 0 Å². The van der Waals surface area contributed by atoms with Crippen LogP contribution in [0.25, 0.3) is 22.2 Å². The minimum atomic E-state index is -3.29. The van der Waals surface area contributed by atoms with E-state index in [1.165, 1.54) is 11.4 Å². The fourth-order valence-electron chi connectivity index (χ4n) is 2.94. The lowest BCUT2D eigenvalue weighted by molar-refractivity contribution is 0.471. The van der Waals surface area contributed by atoms with E-state index in [1.807, 2.05) is 29.8 Å². The first-order valence-corrected chi connectivity index (χ1v) is 9.98. The molecule has 0 aliphatic carbocycles. The van der Waals surface area contributed by atoms with Crippen molar-refractivity contribution in [3.8, 4) is 17.3 Å². The van der Waals surface area contributed by atoms with Crippen LogP contribution in [0.1, 0.15) is 11.1 Å². The zero-order chi connectivity index (χ0) is 19.1. The van der Waals surface area contributed by atoms with Gasteiger partial charge in [0.05, 0.1) is 23.0 Å². The molecule has 1 aromatic carbocycles. The van der Waals surface area contributed by atoms with E-state index in [0.717, 1.165) is 34.0 Å². The van der Waals surface area contributed by atoms with E-state index in [0.29, 0.717) is 10.6 Å². The molecule has 0 N–H and O–H groups in total. The third-order valence-electron chi connectivity index (χ3n) is 4.31. The summed E-state index contributed by atoms with van der Waals surface area (Å²) in [5, 5.41) is 11.1. The van der Waals surface area contributed by atoms with Gasteiger partial charge in [-0.05, 0) is 29.8 Å². The number of aryl methyl sites for hydroxylation is 1. The smallest absolute Gasteiger partial charge is 0.211 e. The number of aromatic nitrogens is 2. The summed E-state index contributed by atoms with van der Waals surface area (Å²) in [6.07, 6.45) is 4.45. The van der Waals surface area contributed by atoms with E-state index in [9.17, 15) is 13.7 Å². The van der Waals surface area contributed by atoms with Crippen LogP contribution in [0.2, 0.25) is 5.02 Å². The first-order chi connectivity index (χ1) is 12.2. The van der Waals surface area contributed by atoms with Crippen molar-refractivity contribution in [2.75, 3.05) is 13.3 Å². The van der Waals surface area contributed by atoms with Gasteiger partial charge in [-0.1, -0.05) is 11.6 Å². The summed E-state index contributed by atoms with van der Waals surface area (Å²) in [5.74, 6) is 0. The number of fused-ring (bicyclic) bond motifs is 1. The average molecular weight is 389 g/mol. The van der Waals surface area contributed by atoms with Crippen molar-refractivity contribution in [1.82, 2.24) is 13.9 Å². The molecule has 26 heavy (non-hydrogen) atoms. The van der Waals surface area contributed by atoms with Crippen molar-refractivity contribution < 1.29 is 8.42 Å². The molecule has 0 radical (unpaired) electrons. The van der Waals surface area contributed by atoms with Gasteiger partial charge in [-0.15, -0.1) is 0 Å². The van der Waals surface area contributed by atoms with Crippen molar-refractivity contribution in [2.24, 2.45) is 7.05 Å². The summed E-state index contributed by atoms with van der Waals surface area (Å²) >= 11 is 6.10. The molecule has 0 unspecified atom stereocenters. The monoisotopic (exact) mass is 388 g/mol. The summed E-state index contributed by atoms with van der Waals surface area (Å²) in [4.78, 5) is 4.23. The molecule has 2 aromatic heterocycles. The SMILES string of the molecule is CN(Cc1cncc(-c2c(C#N)c3ccc(Cl)cc3n2C)c1)S(C)(=O)=O. The minimum absolute atomic E-state index is 0.206. The summed E-state index contributed by atoms with van der Waals surface area (Å²) in [6.45, 7) is 0.206. The molecule has 8 heteroatoms. The maximum Gasteiger partial charge on any atom is 0.211 e. The second kappa shape index (κ2) is 6.72. The molecule has 2 heterocycles. The van der Waals surface area contributed by atoms with Crippen LogP contribution in [0, 0.1) is 11.3 Å². The van der Waals surface area contributed by atoms with Gasteiger partial charge in [0, 0.05) is 49.0 Å².